The van der Waals surface area contributed by atoms with Crippen molar-refractivity contribution in [2.24, 2.45) is 0 Å². The van der Waals surface area contributed by atoms with E-state index in [1.54, 1.807) is 6.07 Å². The fraction of sp³-hybridized carbons (Fsp3) is 0.500. The molecule has 1 saturated heterocycles. The second-order valence-electron chi connectivity index (χ2n) is 5.48. The van der Waals surface area contributed by atoms with E-state index in [0.29, 0.717) is 25.9 Å². The molecule has 0 aliphatic carbocycles. The molecule has 0 atom stereocenters. The molecule has 1 aliphatic rings. The van der Waals surface area contributed by atoms with Crippen molar-refractivity contribution < 1.29 is 28.3 Å². The first-order valence-electron chi connectivity index (χ1n) is 8.02. The van der Waals surface area contributed by atoms with Gasteiger partial charge in [0.25, 0.3) is 11.8 Å². The van der Waals surface area contributed by atoms with Gasteiger partial charge in [0.05, 0.1) is 19.9 Å². The van der Waals surface area contributed by atoms with Crippen LogP contribution in [0.1, 0.15) is 36.2 Å². The van der Waals surface area contributed by atoms with E-state index in [1.807, 2.05) is 0 Å². The van der Waals surface area contributed by atoms with E-state index >= 15 is 0 Å². The van der Waals surface area contributed by atoms with Crippen LogP contribution in [0.5, 0.6) is 0 Å². The monoisotopic (exact) mass is 351 g/mol. The minimum atomic E-state index is -0.492. The molecule has 25 heavy (non-hydrogen) atoms. The van der Waals surface area contributed by atoms with Gasteiger partial charge in [-0.3, -0.25) is 24.2 Å². The number of ether oxygens (including phenoxy) is 1. The number of carbonyl (C=O) groups is 4. The molecule has 9 heteroatoms. The predicted octanol–water partition coefficient (Wildman–Crippen LogP) is 0.329. The molecule has 0 bridgehead atoms. The van der Waals surface area contributed by atoms with Crippen LogP contribution in [0.2, 0.25) is 0 Å². The molecule has 1 fully saturated rings. The van der Waals surface area contributed by atoms with Gasteiger partial charge >= 0.3 is 5.97 Å². The van der Waals surface area contributed by atoms with Crippen LogP contribution in [-0.2, 0) is 19.1 Å². The molecular weight excluding hydrogens is 330 g/mol. The van der Waals surface area contributed by atoms with Crippen LogP contribution in [0, 0.1) is 0 Å². The minimum Gasteiger partial charge on any atom is -0.469 e. The van der Waals surface area contributed by atoms with Crippen LogP contribution in [0.25, 0.3) is 0 Å². The number of esters is 1. The average Bonchev–Trinajstić information content (AvgIpc) is 3.30. The second kappa shape index (κ2) is 8.86. The van der Waals surface area contributed by atoms with E-state index in [9.17, 15) is 19.2 Å². The molecule has 3 amide bonds. The Hall–Kier alpha value is -2.84. The summed E-state index contributed by atoms with van der Waals surface area (Å²) < 4.78 is 9.47. The van der Waals surface area contributed by atoms with Crippen molar-refractivity contribution >= 4 is 23.7 Å². The first-order valence-corrected chi connectivity index (χ1v) is 8.02. The number of furan rings is 1. The standard InChI is InChI=1S/C16H21N3O6/c1-24-15(22)7-2-6-13(20)18-8-4-9-19(18)14(21)11-17-16(23)12-5-3-10-25-12/h3,5,10H,2,4,6-9,11H2,1H3,(H,17,23). The molecule has 2 heterocycles. The number of hydrogen-bond acceptors (Lipinski definition) is 6. The third kappa shape index (κ3) is 5.07. The predicted molar refractivity (Wildman–Crippen MR) is 85.0 cm³/mol. The first kappa shape index (κ1) is 18.5. The Balaban J connectivity index is 1.81. The Morgan fingerprint density at radius 3 is 2.52 bits per heavy atom. The SMILES string of the molecule is COC(=O)CCCC(=O)N1CCCN1C(=O)CNC(=O)c1ccco1. The van der Waals surface area contributed by atoms with Gasteiger partial charge in [0.1, 0.15) is 0 Å². The van der Waals surface area contributed by atoms with Crippen molar-refractivity contribution in [3.8, 4) is 0 Å². The fourth-order valence-electron chi connectivity index (χ4n) is 2.49. The lowest BCUT2D eigenvalue weighted by Gasteiger charge is -2.28. The maximum absolute atomic E-state index is 12.3. The van der Waals surface area contributed by atoms with Gasteiger partial charge in [-0.15, -0.1) is 0 Å². The lowest BCUT2D eigenvalue weighted by atomic mass is 10.2. The maximum Gasteiger partial charge on any atom is 0.305 e. The van der Waals surface area contributed by atoms with Gasteiger partial charge in [0.2, 0.25) is 5.91 Å². The van der Waals surface area contributed by atoms with Crippen molar-refractivity contribution in [3.63, 3.8) is 0 Å². The third-order valence-corrected chi connectivity index (χ3v) is 3.75. The number of rotatable bonds is 7. The van der Waals surface area contributed by atoms with Gasteiger partial charge < -0.3 is 14.5 Å². The smallest absolute Gasteiger partial charge is 0.305 e. The van der Waals surface area contributed by atoms with Crippen molar-refractivity contribution in [1.82, 2.24) is 15.3 Å². The number of amides is 3. The summed E-state index contributed by atoms with van der Waals surface area (Å²) in [4.78, 5) is 47.4. The zero-order chi connectivity index (χ0) is 18.2. The Bertz CT molecular complexity index is 628. The molecule has 1 aromatic heterocycles. The van der Waals surface area contributed by atoms with Crippen molar-refractivity contribution in [2.75, 3.05) is 26.7 Å². The molecule has 0 spiro atoms. The molecule has 0 radical (unpaired) electrons. The van der Waals surface area contributed by atoms with Crippen molar-refractivity contribution in [1.29, 1.82) is 0 Å². The molecule has 0 aromatic carbocycles. The highest BCUT2D eigenvalue weighted by molar-refractivity contribution is 5.94. The molecule has 136 valence electrons. The van der Waals surface area contributed by atoms with Crippen LogP contribution in [0.15, 0.2) is 22.8 Å². The van der Waals surface area contributed by atoms with Gasteiger partial charge in [-0.05, 0) is 25.0 Å². The quantitative estimate of drug-likeness (QED) is 0.709. The summed E-state index contributed by atoms with van der Waals surface area (Å²) in [6.07, 6.45) is 2.70. The summed E-state index contributed by atoms with van der Waals surface area (Å²) >= 11 is 0. The molecule has 1 N–H and O–H groups in total. The lowest BCUT2D eigenvalue weighted by molar-refractivity contribution is -0.157. The zero-order valence-corrected chi connectivity index (χ0v) is 14.0. The fourth-order valence-corrected chi connectivity index (χ4v) is 2.49. The molecular formula is C16H21N3O6. The molecule has 2 rings (SSSR count). The topological polar surface area (TPSA) is 109 Å². The van der Waals surface area contributed by atoms with Gasteiger partial charge in [-0.25, -0.2) is 5.01 Å². The summed E-state index contributed by atoms with van der Waals surface area (Å²) in [6.45, 7) is 0.624. The third-order valence-electron chi connectivity index (χ3n) is 3.75. The summed E-state index contributed by atoms with van der Waals surface area (Å²) in [6, 6.07) is 3.07. The van der Waals surface area contributed by atoms with E-state index in [0.717, 1.165) is 0 Å². The highest BCUT2D eigenvalue weighted by atomic mass is 16.5. The molecule has 9 nitrogen and oxygen atoms in total. The van der Waals surface area contributed by atoms with E-state index in [4.69, 9.17) is 4.42 Å². The van der Waals surface area contributed by atoms with E-state index in [2.05, 4.69) is 10.1 Å². The molecule has 0 unspecified atom stereocenters. The lowest BCUT2D eigenvalue weighted by Crippen LogP contribution is -2.48. The Morgan fingerprint density at radius 2 is 1.88 bits per heavy atom. The summed E-state index contributed by atoms with van der Waals surface area (Å²) in [7, 11) is 1.29. The second-order valence-corrected chi connectivity index (χ2v) is 5.48. The minimum absolute atomic E-state index is 0.116. The Labute approximate surface area is 144 Å². The van der Waals surface area contributed by atoms with Crippen LogP contribution in [0.4, 0.5) is 0 Å². The van der Waals surface area contributed by atoms with Crippen LogP contribution in [-0.4, -0.2) is 60.5 Å². The number of nitrogens with one attached hydrogen (secondary N) is 1. The van der Waals surface area contributed by atoms with Crippen molar-refractivity contribution in [2.45, 2.75) is 25.7 Å². The Morgan fingerprint density at radius 1 is 1.16 bits per heavy atom. The van der Waals surface area contributed by atoms with Crippen LogP contribution in [0.3, 0.4) is 0 Å². The van der Waals surface area contributed by atoms with E-state index in [-0.39, 0.29) is 42.9 Å². The van der Waals surface area contributed by atoms with E-state index < -0.39 is 5.91 Å². The Kier molecular flexibility index (Phi) is 6.55. The van der Waals surface area contributed by atoms with Gasteiger partial charge in [-0.2, -0.15) is 0 Å². The highest BCUT2D eigenvalue weighted by Crippen LogP contribution is 2.14. The molecule has 1 aliphatic heterocycles. The normalized spacial score (nSPS) is 13.6. The number of nitrogens with zero attached hydrogens (tertiary/aromatic N) is 2. The van der Waals surface area contributed by atoms with Crippen molar-refractivity contribution in [3.05, 3.63) is 24.2 Å². The number of carbonyl (C=O) groups excluding carboxylic acids is 4. The van der Waals surface area contributed by atoms with Gasteiger partial charge in [0.15, 0.2) is 5.76 Å². The number of hydrazine groups is 1. The molecule has 1 aromatic rings. The molecule has 0 saturated carbocycles. The summed E-state index contributed by atoms with van der Waals surface area (Å²) in [5.41, 5.74) is 0. The summed E-state index contributed by atoms with van der Waals surface area (Å²) in [5.74, 6) is -1.35. The first-order chi connectivity index (χ1) is 12.0. The number of hydrogen-bond donors (Lipinski definition) is 1. The largest absolute Gasteiger partial charge is 0.469 e. The van der Waals surface area contributed by atoms with Crippen LogP contribution < -0.4 is 5.32 Å². The van der Waals surface area contributed by atoms with Gasteiger partial charge in [0, 0.05) is 25.9 Å². The van der Waals surface area contributed by atoms with E-state index in [1.165, 1.54) is 29.5 Å². The highest BCUT2D eigenvalue weighted by Gasteiger charge is 2.30. The maximum atomic E-state index is 12.3. The average molecular weight is 351 g/mol. The zero-order valence-electron chi connectivity index (χ0n) is 14.0. The summed E-state index contributed by atoms with van der Waals surface area (Å²) in [5, 5.41) is 5.17. The van der Waals surface area contributed by atoms with Crippen LogP contribution >= 0.6 is 0 Å². The number of methoxy groups -OCH3 is 1. The van der Waals surface area contributed by atoms with Gasteiger partial charge in [-0.1, -0.05) is 0 Å².